The molecule has 2 heterocycles. The summed E-state index contributed by atoms with van der Waals surface area (Å²) in [5.74, 6) is -0.600. The lowest BCUT2D eigenvalue weighted by molar-refractivity contribution is 0.464. The molecule has 27 heavy (non-hydrogen) atoms. The SMILES string of the molecule is Oc1ccc(F)cc1C(c1c[nH]c2ccccc12)c1c[nH]c2ccccc12. The van der Waals surface area contributed by atoms with Crippen LogP contribution in [0.2, 0.25) is 0 Å². The molecule has 132 valence electrons. The van der Waals surface area contributed by atoms with Crippen molar-refractivity contribution < 1.29 is 9.50 Å². The molecule has 0 spiro atoms. The summed E-state index contributed by atoms with van der Waals surface area (Å²) in [5, 5.41) is 12.7. The second-order valence-corrected chi connectivity index (χ2v) is 6.72. The maximum atomic E-state index is 14.1. The maximum Gasteiger partial charge on any atom is 0.123 e. The molecule has 3 nitrogen and oxygen atoms in total. The van der Waals surface area contributed by atoms with E-state index < -0.39 is 0 Å². The van der Waals surface area contributed by atoms with Gasteiger partial charge >= 0.3 is 0 Å². The Kier molecular flexibility index (Phi) is 3.50. The Hall–Kier alpha value is -3.53. The summed E-state index contributed by atoms with van der Waals surface area (Å²) in [4.78, 5) is 6.59. The van der Waals surface area contributed by atoms with Crippen LogP contribution in [-0.2, 0) is 0 Å². The summed E-state index contributed by atoms with van der Waals surface area (Å²) in [6.07, 6.45) is 3.89. The molecule has 4 heteroatoms. The Morgan fingerprint density at radius 2 is 1.26 bits per heavy atom. The highest BCUT2D eigenvalue weighted by atomic mass is 19.1. The molecule has 0 aliphatic rings. The van der Waals surface area contributed by atoms with Crippen molar-refractivity contribution >= 4 is 21.8 Å². The fourth-order valence-electron chi connectivity index (χ4n) is 3.92. The predicted molar refractivity (Wildman–Crippen MR) is 106 cm³/mol. The molecule has 0 fully saturated rings. The minimum atomic E-state index is -0.368. The third-order valence-electron chi connectivity index (χ3n) is 5.17. The number of H-pyrrole nitrogens is 2. The maximum absolute atomic E-state index is 14.1. The van der Waals surface area contributed by atoms with Crippen LogP contribution in [-0.4, -0.2) is 15.1 Å². The number of phenolic OH excluding ortho intramolecular Hbond substituents is 1. The lowest BCUT2D eigenvalue weighted by atomic mass is 9.84. The summed E-state index contributed by atoms with van der Waals surface area (Å²) in [6.45, 7) is 0. The van der Waals surface area contributed by atoms with Crippen LogP contribution in [0.1, 0.15) is 22.6 Å². The van der Waals surface area contributed by atoms with Crippen LogP contribution in [0.25, 0.3) is 21.8 Å². The van der Waals surface area contributed by atoms with E-state index in [1.165, 1.54) is 18.2 Å². The normalized spacial score (nSPS) is 11.6. The zero-order valence-corrected chi connectivity index (χ0v) is 14.4. The van der Waals surface area contributed by atoms with E-state index in [9.17, 15) is 9.50 Å². The molecule has 5 rings (SSSR count). The molecule has 3 N–H and O–H groups in total. The molecule has 0 saturated heterocycles. The van der Waals surface area contributed by atoms with Crippen molar-refractivity contribution in [1.82, 2.24) is 9.97 Å². The van der Waals surface area contributed by atoms with E-state index in [-0.39, 0.29) is 17.5 Å². The number of aromatic hydroxyl groups is 1. The Labute approximate surface area is 155 Å². The fourth-order valence-corrected chi connectivity index (χ4v) is 3.92. The van der Waals surface area contributed by atoms with Crippen molar-refractivity contribution in [2.45, 2.75) is 5.92 Å². The zero-order chi connectivity index (χ0) is 18.4. The number of nitrogens with one attached hydrogen (secondary N) is 2. The first-order valence-electron chi connectivity index (χ1n) is 8.83. The van der Waals surface area contributed by atoms with Crippen LogP contribution in [0, 0.1) is 5.82 Å². The molecule has 5 aromatic rings. The Morgan fingerprint density at radius 3 is 1.85 bits per heavy atom. The van der Waals surface area contributed by atoms with E-state index >= 15 is 0 Å². The second-order valence-electron chi connectivity index (χ2n) is 6.72. The van der Waals surface area contributed by atoms with Crippen molar-refractivity contribution in [3.63, 3.8) is 0 Å². The number of aromatic amines is 2. The highest BCUT2D eigenvalue weighted by Crippen LogP contribution is 2.42. The van der Waals surface area contributed by atoms with Gasteiger partial charge in [0.25, 0.3) is 0 Å². The van der Waals surface area contributed by atoms with E-state index in [2.05, 4.69) is 9.97 Å². The number of hydrogen-bond donors (Lipinski definition) is 3. The topological polar surface area (TPSA) is 51.8 Å². The molecule has 0 radical (unpaired) electrons. The summed E-state index contributed by atoms with van der Waals surface area (Å²) in [5.41, 5.74) is 4.55. The van der Waals surface area contributed by atoms with Gasteiger partial charge in [-0.1, -0.05) is 36.4 Å². The molecule has 3 aromatic carbocycles. The van der Waals surface area contributed by atoms with E-state index in [0.717, 1.165) is 32.9 Å². The number of fused-ring (bicyclic) bond motifs is 2. The first kappa shape index (κ1) is 15.7. The number of halogens is 1. The van der Waals surface area contributed by atoms with Gasteiger partial charge in [-0.15, -0.1) is 0 Å². The van der Waals surface area contributed by atoms with E-state index in [4.69, 9.17) is 0 Å². The Balaban J connectivity index is 1.84. The summed E-state index contributed by atoms with van der Waals surface area (Å²) >= 11 is 0. The van der Waals surface area contributed by atoms with Crippen LogP contribution < -0.4 is 0 Å². The van der Waals surface area contributed by atoms with E-state index in [1.807, 2.05) is 60.9 Å². The van der Waals surface area contributed by atoms with Crippen LogP contribution in [0.4, 0.5) is 4.39 Å². The molecule has 0 unspecified atom stereocenters. The first-order valence-corrected chi connectivity index (χ1v) is 8.83. The highest BCUT2D eigenvalue weighted by molar-refractivity contribution is 5.89. The van der Waals surface area contributed by atoms with Gasteiger partial charge in [0.05, 0.1) is 0 Å². The van der Waals surface area contributed by atoms with Crippen LogP contribution >= 0.6 is 0 Å². The van der Waals surface area contributed by atoms with E-state index in [1.54, 1.807) is 0 Å². The van der Waals surface area contributed by atoms with Crippen molar-refractivity contribution in [1.29, 1.82) is 0 Å². The molecule has 0 atom stereocenters. The Morgan fingerprint density at radius 1 is 0.704 bits per heavy atom. The third-order valence-corrected chi connectivity index (χ3v) is 5.17. The van der Waals surface area contributed by atoms with Gasteiger partial charge < -0.3 is 15.1 Å². The number of phenols is 1. The predicted octanol–water partition coefficient (Wildman–Crippen LogP) is 5.67. The fraction of sp³-hybridized carbons (Fsp3) is 0.0435. The lowest BCUT2D eigenvalue weighted by Crippen LogP contribution is -2.03. The standard InChI is InChI=1S/C23H17FN2O/c24-14-9-10-22(27)17(11-14)23(18-12-25-20-7-3-1-5-15(18)20)19-13-26-21-8-4-2-6-16(19)21/h1-13,23,25-27H. The van der Waals surface area contributed by atoms with Gasteiger partial charge in [-0.2, -0.15) is 0 Å². The van der Waals surface area contributed by atoms with Crippen molar-refractivity contribution in [3.05, 3.63) is 102 Å². The molecule has 0 amide bonds. The number of hydrogen-bond acceptors (Lipinski definition) is 1. The minimum absolute atomic E-state index is 0.0805. The van der Waals surface area contributed by atoms with Crippen LogP contribution in [0.5, 0.6) is 5.75 Å². The molecular weight excluding hydrogens is 339 g/mol. The summed E-state index contributed by atoms with van der Waals surface area (Å²) in [7, 11) is 0. The average molecular weight is 356 g/mol. The van der Waals surface area contributed by atoms with Gasteiger partial charge in [-0.3, -0.25) is 0 Å². The van der Waals surface area contributed by atoms with Crippen LogP contribution in [0.15, 0.2) is 79.1 Å². The second kappa shape index (κ2) is 6.02. The minimum Gasteiger partial charge on any atom is -0.508 e. The van der Waals surface area contributed by atoms with Gasteiger partial charge in [0, 0.05) is 45.7 Å². The Bertz CT molecular complexity index is 1190. The smallest absolute Gasteiger partial charge is 0.123 e. The number of benzene rings is 3. The average Bonchev–Trinajstić information content (AvgIpc) is 3.30. The summed E-state index contributed by atoms with van der Waals surface area (Å²) < 4.78 is 14.1. The number of aromatic nitrogens is 2. The van der Waals surface area contributed by atoms with Crippen molar-refractivity contribution in [3.8, 4) is 5.75 Å². The van der Waals surface area contributed by atoms with Gasteiger partial charge in [0.1, 0.15) is 11.6 Å². The molecule has 0 bridgehead atoms. The molecule has 0 saturated carbocycles. The number of para-hydroxylation sites is 2. The molecule has 0 aliphatic heterocycles. The third kappa shape index (κ3) is 2.49. The van der Waals surface area contributed by atoms with Gasteiger partial charge in [-0.25, -0.2) is 4.39 Å². The van der Waals surface area contributed by atoms with Crippen molar-refractivity contribution in [2.24, 2.45) is 0 Å². The first-order chi connectivity index (χ1) is 13.2. The van der Waals surface area contributed by atoms with Gasteiger partial charge in [0.15, 0.2) is 0 Å². The quantitative estimate of drug-likeness (QED) is 0.383. The van der Waals surface area contributed by atoms with Crippen molar-refractivity contribution in [2.75, 3.05) is 0 Å². The molecular formula is C23H17FN2O. The number of rotatable bonds is 3. The lowest BCUT2D eigenvalue weighted by Gasteiger charge is -2.18. The van der Waals surface area contributed by atoms with Gasteiger partial charge in [-0.05, 0) is 41.5 Å². The molecule has 2 aromatic heterocycles. The van der Waals surface area contributed by atoms with E-state index in [0.29, 0.717) is 5.56 Å². The van der Waals surface area contributed by atoms with Gasteiger partial charge in [0.2, 0.25) is 0 Å². The highest BCUT2D eigenvalue weighted by Gasteiger charge is 2.25. The largest absolute Gasteiger partial charge is 0.508 e. The van der Waals surface area contributed by atoms with Crippen LogP contribution in [0.3, 0.4) is 0 Å². The zero-order valence-electron chi connectivity index (χ0n) is 14.4. The monoisotopic (exact) mass is 356 g/mol. The summed E-state index contributed by atoms with van der Waals surface area (Å²) in [6, 6.07) is 20.1. The molecule has 0 aliphatic carbocycles.